The molecular weight excluding hydrogens is 196 g/mol. The summed E-state index contributed by atoms with van der Waals surface area (Å²) in [6.07, 6.45) is 2.14. The van der Waals surface area contributed by atoms with Crippen LogP contribution in [0.3, 0.4) is 0 Å². The van der Waals surface area contributed by atoms with E-state index >= 15 is 0 Å². The SMILES string of the molecule is CNCC1CCCN1CC(C)(O)C(=O)O. The zero-order valence-electron chi connectivity index (χ0n) is 9.36. The van der Waals surface area contributed by atoms with Crippen molar-refractivity contribution in [2.24, 2.45) is 0 Å². The molecule has 88 valence electrons. The van der Waals surface area contributed by atoms with Crippen LogP contribution in [-0.4, -0.2) is 59.4 Å². The molecular formula is C10H20N2O3. The van der Waals surface area contributed by atoms with E-state index in [1.54, 1.807) is 0 Å². The summed E-state index contributed by atoms with van der Waals surface area (Å²) in [6.45, 7) is 3.27. The minimum Gasteiger partial charge on any atom is -0.479 e. The van der Waals surface area contributed by atoms with Crippen molar-refractivity contribution in [3.63, 3.8) is 0 Å². The van der Waals surface area contributed by atoms with Crippen LogP contribution in [0.2, 0.25) is 0 Å². The van der Waals surface area contributed by atoms with E-state index in [0.29, 0.717) is 6.04 Å². The number of carboxylic acids is 1. The van der Waals surface area contributed by atoms with Crippen LogP contribution >= 0.6 is 0 Å². The normalized spacial score (nSPS) is 26.5. The first-order valence-corrected chi connectivity index (χ1v) is 5.32. The van der Waals surface area contributed by atoms with E-state index in [4.69, 9.17) is 5.11 Å². The average molecular weight is 216 g/mol. The number of likely N-dealkylation sites (N-methyl/N-ethyl adjacent to an activating group) is 1. The van der Waals surface area contributed by atoms with Gasteiger partial charge in [-0.1, -0.05) is 0 Å². The molecule has 1 fully saturated rings. The Morgan fingerprint density at radius 2 is 2.33 bits per heavy atom. The number of nitrogens with zero attached hydrogens (tertiary/aromatic N) is 1. The van der Waals surface area contributed by atoms with Gasteiger partial charge >= 0.3 is 5.97 Å². The highest BCUT2D eigenvalue weighted by molar-refractivity contribution is 5.76. The van der Waals surface area contributed by atoms with Crippen molar-refractivity contribution in [2.75, 3.05) is 26.7 Å². The fourth-order valence-corrected chi connectivity index (χ4v) is 2.03. The number of aliphatic hydroxyl groups is 1. The van der Waals surface area contributed by atoms with Crippen molar-refractivity contribution in [3.05, 3.63) is 0 Å². The summed E-state index contributed by atoms with van der Waals surface area (Å²) in [4.78, 5) is 12.8. The van der Waals surface area contributed by atoms with Crippen LogP contribution in [0.25, 0.3) is 0 Å². The van der Waals surface area contributed by atoms with E-state index in [-0.39, 0.29) is 6.54 Å². The second-order valence-corrected chi connectivity index (χ2v) is 4.40. The van der Waals surface area contributed by atoms with Crippen molar-refractivity contribution >= 4 is 5.97 Å². The minimum atomic E-state index is -1.64. The maximum absolute atomic E-state index is 10.8. The van der Waals surface area contributed by atoms with Crippen LogP contribution in [0.1, 0.15) is 19.8 Å². The number of aliphatic carboxylic acids is 1. The van der Waals surface area contributed by atoms with E-state index in [9.17, 15) is 9.90 Å². The van der Waals surface area contributed by atoms with Crippen molar-refractivity contribution < 1.29 is 15.0 Å². The Hall–Kier alpha value is -0.650. The van der Waals surface area contributed by atoms with Gasteiger partial charge in [0.05, 0.1) is 0 Å². The average Bonchev–Trinajstić information content (AvgIpc) is 2.52. The molecule has 0 amide bonds. The zero-order valence-corrected chi connectivity index (χ0v) is 9.36. The van der Waals surface area contributed by atoms with Crippen LogP contribution in [0.15, 0.2) is 0 Å². The molecule has 1 heterocycles. The lowest BCUT2D eigenvalue weighted by Gasteiger charge is -2.29. The summed E-state index contributed by atoms with van der Waals surface area (Å²) in [6, 6.07) is 0.348. The summed E-state index contributed by atoms with van der Waals surface area (Å²) in [5.41, 5.74) is -1.64. The van der Waals surface area contributed by atoms with Crippen molar-refractivity contribution in [1.29, 1.82) is 0 Å². The van der Waals surface area contributed by atoms with Gasteiger partial charge < -0.3 is 15.5 Å². The Balaban J connectivity index is 2.53. The lowest BCUT2D eigenvalue weighted by Crippen LogP contribution is -2.49. The molecule has 0 aromatic rings. The fourth-order valence-electron chi connectivity index (χ4n) is 2.03. The second kappa shape index (κ2) is 4.92. The number of likely N-dealkylation sites (tertiary alicyclic amines) is 1. The second-order valence-electron chi connectivity index (χ2n) is 4.40. The van der Waals surface area contributed by atoms with Gasteiger partial charge in [-0.2, -0.15) is 0 Å². The third kappa shape index (κ3) is 3.15. The lowest BCUT2D eigenvalue weighted by molar-refractivity contribution is -0.158. The summed E-state index contributed by atoms with van der Waals surface area (Å²) < 4.78 is 0. The molecule has 0 aromatic heterocycles. The summed E-state index contributed by atoms with van der Waals surface area (Å²) >= 11 is 0. The van der Waals surface area contributed by atoms with Gasteiger partial charge in [0, 0.05) is 19.1 Å². The number of β-amino-alcohol motifs (C(OH)–C–C–N with tert-alkyl or cyclic N) is 1. The molecule has 1 aliphatic heterocycles. The molecule has 15 heavy (non-hydrogen) atoms. The summed E-state index contributed by atoms with van der Waals surface area (Å²) in [5, 5.41) is 21.6. The quantitative estimate of drug-likeness (QED) is 0.578. The summed E-state index contributed by atoms with van der Waals surface area (Å²) in [7, 11) is 1.88. The fraction of sp³-hybridized carbons (Fsp3) is 0.900. The molecule has 2 atom stereocenters. The Morgan fingerprint density at radius 1 is 1.67 bits per heavy atom. The molecule has 0 aliphatic carbocycles. The van der Waals surface area contributed by atoms with Gasteiger partial charge in [-0.15, -0.1) is 0 Å². The first-order valence-electron chi connectivity index (χ1n) is 5.32. The van der Waals surface area contributed by atoms with E-state index < -0.39 is 11.6 Å². The molecule has 2 unspecified atom stereocenters. The maximum atomic E-state index is 10.8. The zero-order chi connectivity index (χ0) is 11.5. The summed E-state index contributed by atoms with van der Waals surface area (Å²) in [5.74, 6) is -1.15. The van der Waals surface area contributed by atoms with Gasteiger partial charge in [0.2, 0.25) is 0 Å². The van der Waals surface area contributed by atoms with E-state index in [1.807, 2.05) is 11.9 Å². The number of carboxylic acid groups (broad SMARTS) is 1. The Morgan fingerprint density at radius 3 is 2.87 bits per heavy atom. The molecule has 0 saturated carbocycles. The lowest BCUT2D eigenvalue weighted by atomic mass is 10.1. The van der Waals surface area contributed by atoms with E-state index in [1.165, 1.54) is 6.92 Å². The van der Waals surface area contributed by atoms with Gasteiger partial charge in [0.1, 0.15) is 0 Å². The van der Waals surface area contributed by atoms with E-state index in [0.717, 1.165) is 25.9 Å². The van der Waals surface area contributed by atoms with Gasteiger partial charge in [-0.3, -0.25) is 4.90 Å². The molecule has 1 saturated heterocycles. The van der Waals surface area contributed by atoms with Crippen molar-refractivity contribution in [3.8, 4) is 0 Å². The molecule has 0 spiro atoms. The van der Waals surface area contributed by atoms with Crippen LogP contribution in [0, 0.1) is 0 Å². The topological polar surface area (TPSA) is 72.8 Å². The van der Waals surface area contributed by atoms with Gasteiger partial charge in [-0.25, -0.2) is 4.79 Å². The minimum absolute atomic E-state index is 0.203. The molecule has 0 bridgehead atoms. The van der Waals surface area contributed by atoms with Crippen LogP contribution in [0.4, 0.5) is 0 Å². The maximum Gasteiger partial charge on any atom is 0.336 e. The van der Waals surface area contributed by atoms with Gasteiger partial charge in [0.15, 0.2) is 5.60 Å². The molecule has 3 N–H and O–H groups in total. The standard InChI is InChI=1S/C10H20N2O3/c1-10(15,9(13)14)7-12-5-3-4-8(12)6-11-2/h8,11,15H,3-7H2,1-2H3,(H,13,14). The number of hydrogen-bond donors (Lipinski definition) is 3. The highest BCUT2D eigenvalue weighted by Crippen LogP contribution is 2.19. The largest absolute Gasteiger partial charge is 0.479 e. The Kier molecular flexibility index (Phi) is 4.07. The molecule has 0 aromatic carbocycles. The number of carbonyl (C=O) groups is 1. The monoisotopic (exact) mass is 216 g/mol. The smallest absolute Gasteiger partial charge is 0.336 e. The van der Waals surface area contributed by atoms with Crippen molar-refractivity contribution in [2.45, 2.75) is 31.4 Å². The van der Waals surface area contributed by atoms with Crippen LogP contribution in [-0.2, 0) is 4.79 Å². The molecule has 1 rings (SSSR count). The van der Waals surface area contributed by atoms with E-state index in [2.05, 4.69) is 5.32 Å². The molecule has 5 heteroatoms. The number of nitrogens with one attached hydrogen (secondary N) is 1. The predicted octanol–water partition coefficient (Wildman–Crippen LogP) is -0.494. The Bertz CT molecular complexity index is 231. The third-order valence-electron chi connectivity index (χ3n) is 2.91. The highest BCUT2D eigenvalue weighted by Gasteiger charge is 2.36. The predicted molar refractivity (Wildman–Crippen MR) is 56.8 cm³/mol. The Labute approximate surface area is 90.1 Å². The molecule has 5 nitrogen and oxygen atoms in total. The molecule has 1 aliphatic rings. The first-order chi connectivity index (χ1) is 6.97. The van der Waals surface area contributed by atoms with Crippen molar-refractivity contribution in [1.82, 2.24) is 10.2 Å². The third-order valence-corrected chi connectivity index (χ3v) is 2.91. The van der Waals surface area contributed by atoms with Gasteiger partial charge in [-0.05, 0) is 33.4 Å². The first kappa shape index (κ1) is 12.4. The molecule has 0 radical (unpaired) electrons. The number of rotatable bonds is 5. The van der Waals surface area contributed by atoms with Crippen LogP contribution in [0.5, 0.6) is 0 Å². The number of hydrogen-bond acceptors (Lipinski definition) is 4. The highest BCUT2D eigenvalue weighted by atomic mass is 16.4. The van der Waals surface area contributed by atoms with Crippen LogP contribution < -0.4 is 5.32 Å². The van der Waals surface area contributed by atoms with Gasteiger partial charge in [0.25, 0.3) is 0 Å².